The van der Waals surface area contributed by atoms with Crippen LogP contribution in [-0.2, 0) is 4.74 Å². The van der Waals surface area contributed by atoms with Crippen molar-refractivity contribution in [3.8, 4) is 0 Å². The van der Waals surface area contributed by atoms with E-state index in [0.717, 1.165) is 6.04 Å². The van der Waals surface area contributed by atoms with Crippen LogP contribution in [-0.4, -0.2) is 35.7 Å². The average Bonchev–Trinajstić information content (AvgIpc) is 1.75. The van der Waals surface area contributed by atoms with Crippen LogP contribution in [0.5, 0.6) is 0 Å². The Bertz CT molecular complexity index is 175. The van der Waals surface area contributed by atoms with Gasteiger partial charge in [0.1, 0.15) is 0 Å². The maximum Gasteiger partial charge on any atom is 0.0612 e. The average molecular weight is 183 g/mol. The summed E-state index contributed by atoms with van der Waals surface area (Å²) in [5, 5.41) is 0. The van der Waals surface area contributed by atoms with Crippen LogP contribution >= 0.6 is 0 Å². The first kappa shape index (κ1) is 9.47. The van der Waals surface area contributed by atoms with E-state index in [0.29, 0.717) is 6.10 Å². The van der Waals surface area contributed by atoms with Gasteiger partial charge in [0, 0.05) is 6.04 Å². The molecular formula is C11H21NO. The lowest BCUT2D eigenvalue weighted by molar-refractivity contribution is -0.127. The summed E-state index contributed by atoms with van der Waals surface area (Å²) in [6.45, 7) is 9.08. The first-order chi connectivity index (χ1) is 6.04. The molecule has 0 N–H and O–H groups in total. The zero-order valence-electron chi connectivity index (χ0n) is 9.05. The molecule has 1 saturated heterocycles. The Morgan fingerprint density at radius 1 is 1.15 bits per heavy atom. The molecule has 1 saturated carbocycles. The van der Waals surface area contributed by atoms with Crippen molar-refractivity contribution in [1.29, 1.82) is 0 Å². The Balaban J connectivity index is 1.66. The van der Waals surface area contributed by atoms with Gasteiger partial charge in [-0.05, 0) is 53.1 Å². The minimum atomic E-state index is 0.0462. The second-order valence-corrected chi connectivity index (χ2v) is 5.37. The molecule has 2 nitrogen and oxygen atoms in total. The van der Waals surface area contributed by atoms with Gasteiger partial charge >= 0.3 is 0 Å². The number of likely N-dealkylation sites (tertiary alicyclic amines) is 1. The van der Waals surface area contributed by atoms with E-state index in [9.17, 15) is 0 Å². The van der Waals surface area contributed by atoms with Gasteiger partial charge in [-0.15, -0.1) is 0 Å². The van der Waals surface area contributed by atoms with E-state index in [2.05, 4.69) is 25.7 Å². The Hall–Kier alpha value is -0.0800. The molecule has 0 radical (unpaired) electrons. The SMILES string of the molecule is CC(C)(C)OC1CC(N2CCC2)C1. The molecule has 0 amide bonds. The van der Waals surface area contributed by atoms with Crippen LogP contribution in [0.3, 0.4) is 0 Å². The number of hydrogen-bond acceptors (Lipinski definition) is 2. The minimum Gasteiger partial charge on any atom is -0.373 e. The van der Waals surface area contributed by atoms with Crippen LogP contribution in [0.15, 0.2) is 0 Å². The van der Waals surface area contributed by atoms with Crippen LogP contribution in [0.25, 0.3) is 0 Å². The van der Waals surface area contributed by atoms with Gasteiger partial charge in [-0.3, -0.25) is 0 Å². The maximum absolute atomic E-state index is 5.90. The number of hydrogen-bond donors (Lipinski definition) is 0. The monoisotopic (exact) mass is 183 g/mol. The second kappa shape index (κ2) is 3.25. The quantitative estimate of drug-likeness (QED) is 0.649. The van der Waals surface area contributed by atoms with Crippen molar-refractivity contribution in [1.82, 2.24) is 4.90 Å². The van der Waals surface area contributed by atoms with Crippen molar-refractivity contribution in [2.45, 2.75) is 57.8 Å². The molecule has 2 rings (SSSR count). The van der Waals surface area contributed by atoms with E-state index < -0.39 is 0 Å². The second-order valence-electron chi connectivity index (χ2n) is 5.37. The summed E-state index contributed by atoms with van der Waals surface area (Å²) in [7, 11) is 0. The largest absolute Gasteiger partial charge is 0.373 e. The summed E-state index contributed by atoms with van der Waals surface area (Å²) in [5.41, 5.74) is 0.0462. The zero-order chi connectivity index (χ0) is 9.47. The molecular weight excluding hydrogens is 162 g/mol. The summed E-state index contributed by atoms with van der Waals surface area (Å²) >= 11 is 0. The van der Waals surface area contributed by atoms with E-state index in [1.807, 2.05) is 0 Å². The molecule has 0 aromatic rings. The standard InChI is InChI=1S/C11H21NO/c1-11(2,3)13-10-7-9(8-10)12-5-4-6-12/h9-10H,4-8H2,1-3H3. The van der Waals surface area contributed by atoms with Gasteiger partial charge in [0.05, 0.1) is 11.7 Å². The molecule has 0 atom stereocenters. The normalized spacial score (nSPS) is 35.3. The predicted octanol–water partition coefficient (Wildman–Crippen LogP) is 2.04. The molecule has 2 aliphatic rings. The molecule has 13 heavy (non-hydrogen) atoms. The van der Waals surface area contributed by atoms with Gasteiger partial charge in [0.2, 0.25) is 0 Å². The molecule has 1 heterocycles. The van der Waals surface area contributed by atoms with Crippen molar-refractivity contribution in [3.05, 3.63) is 0 Å². The van der Waals surface area contributed by atoms with Crippen molar-refractivity contribution < 1.29 is 4.74 Å². The lowest BCUT2D eigenvalue weighted by Crippen LogP contribution is -2.54. The summed E-state index contributed by atoms with van der Waals surface area (Å²) in [6.07, 6.45) is 4.46. The number of nitrogens with zero attached hydrogens (tertiary/aromatic N) is 1. The highest BCUT2D eigenvalue weighted by Gasteiger charge is 2.37. The Morgan fingerprint density at radius 3 is 2.15 bits per heavy atom. The highest BCUT2D eigenvalue weighted by molar-refractivity contribution is 4.91. The minimum absolute atomic E-state index is 0.0462. The molecule has 2 fully saturated rings. The van der Waals surface area contributed by atoms with E-state index in [4.69, 9.17) is 4.74 Å². The van der Waals surface area contributed by atoms with Crippen molar-refractivity contribution in [2.75, 3.05) is 13.1 Å². The van der Waals surface area contributed by atoms with Gasteiger partial charge in [0.25, 0.3) is 0 Å². The molecule has 1 aliphatic carbocycles. The van der Waals surface area contributed by atoms with Crippen LogP contribution < -0.4 is 0 Å². The molecule has 0 bridgehead atoms. The van der Waals surface area contributed by atoms with Gasteiger partial charge in [-0.25, -0.2) is 0 Å². The van der Waals surface area contributed by atoms with E-state index in [-0.39, 0.29) is 5.60 Å². The third-order valence-corrected chi connectivity index (χ3v) is 3.00. The fourth-order valence-corrected chi connectivity index (χ4v) is 2.14. The Kier molecular flexibility index (Phi) is 2.37. The molecule has 0 aromatic heterocycles. The summed E-state index contributed by atoms with van der Waals surface area (Å²) in [5.74, 6) is 0. The Labute approximate surface area is 81.3 Å². The summed E-state index contributed by atoms with van der Waals surface area (Å²) < 4.78 is 5.90. The highest BCUT2D eigenvalue weighted by atomic mass is 16.5. The van der Waals surface area contributed by atoms with E-state index in [1.54, 1.807) is 0 Å². The molecule has 0 unspecified atom stereocenters. The highest BCUT2D eigenvalue weighted by Crippen LogP contribution is 2.33. The van der Waals surface area contributed by atoms with Gasteiger partial charge in [0.15, 0.2) is 0 Å². The van der Waals surface area contributed by atoms with Crippen LogP contribution in [0.1, 0.15) is 40.0 Å². The van der Waals surface area contributed by atoms with E-state index in [1.165, 1.54) is 32.4 Å². The van der Waals surface area contributed by atoms with E-state index >= 15 is 0 Å². The number of ether oxygens (including phenoxy) is 1. The lowest BCUT2D eigenvalue weighted by Gasteiger charge is -2.48. The molecule has 0 spiro atoms. The fourth-order valence-electron chi connectivity index (χ4n) is 2.14. The van der Waals surface area contributed by atoms with Gasteiger partial charge in [-0.2, -0.15) is 0 Å². The zero-order valence-corrected chi connectivity index (χ0v) is 9.05. The summed E-state index contributed by atoms with van der Waals surface area (Å²) in [4.78, 5) is 2.59. The third-order valence-electron chi connectivity index (χ3n) is 3.00. The summed E-state index contributed by atoms with van der Waals surface area (Å²) in [6, 6.07) is 0.848. The third kappa shape index (κ3) is 2.23. The molecule has 1 aliphatic heterocycles. The van der Waals surface area contributed by atoms with Crippen molar-refractivity contribution in [2.24, 2.45) is 0 Å². The molecule has 2 heteroatoms. The van der Waals surface area contributed by atoms with Crippen LogP contribution in [0.4, 0.5) is 0 Å². The van der Waals surface area contributed by atoms with Gasteiger partial charge in [-0.1, -0.05) is 0 Å². The predicted molar refractivity (Wildman–Crippen MR) is 53.8 cm³/mol. The number of rotatable bonds is 2. The van der Waals surface area contributed by atoms with Crippen molar-refractivity contribution >= 4 is 0 Å². The van der Waals surface area contributed by atoms with Crippen LogP contribution in [0.2, 0.25) is 0 Å². The maximum atomic E-state index is 5.90. The molecule has 0 aromatic carbocycles. The molecule has 76 valence electrons. The smallest absolute Gasteiger partial charge is 0.0612 e. The first-order valence-electron chi connectivity index (χ1n) is 5.46. The lowest BCUT2D eigenvalue weighted by atomic mass is 9.85. The van der Waals surface area contributed by atoms with Gasteiger partial charge < -0.3 is 9.64 Å². The van der Waals surface area contributed by atoms with Crippen LogP contribution in [0, 0.1) is 0 Å². The topological polar surface area (TPSA) is 12.5 Å². The fraction of sp³-hybridized carbons (Fsp3) is 1.00. The van der Waals surface area contributed by atoms with Crippen molar-refractivity contribution in [3.63, 3.8) is 0 Å². The first-order valence-corrected chi connectivity index (χ1v) is 5.46. The Morgan fingerprint density at radius 2 is 1.77 bits per heavy atom.